The van der Waals surface area contributed by atoms with Gasteiger partial charge in [0.15, 0.2) is 0 Å². The number of pyridine rings is 1. The van der Waals surface area contributed by atoms with E-state index in [1.165, 1.54) is 18.5 Å². The van der Waals surface area contributed by atoms with Crippen LogP contribution in [0.25, 0.3) is 0 Å². The number of halogens is 1. The zero-order valence-corrected chi connectivity index (χ0v) is 13.9. The molecule has 1 heterocycles. The van der Waals surface area contributed by atoms with E-state index < -0.39 is 5.97 Å². The number of carbonyl (C=O) groups is 2. The molecule has 0 aliphatic heterocycles. The van der Waals surface area contributed by atoms with Crippen LogP contribution in [0.4, 0.5) is 5.69 Å². The molecule has 0 fully saturated rings. The molecule has 2 aromatic rings. The van der Waals surface area contributed by atoms with Crippen LogP contribution in [0.15, 0.2) is 30.6 Å². The molecular formula is C17H17ClN2O3. The molecule has 0 saturated carbocycles. The molecule has 1 amide bonds. The third kappa shape index (κ3) is 3.87. The molecule has 0 atom stereocenters. The predicted octanol–water partition coefficient (Wildman–Crippen LogP) is 3.78. The SMILES string of the molecule is CCOC(=O)c1cncc(C(=O)Nc2ccc(C)c(Cl)c2C)c1. The van der Waals surface area contributed by atoms with Crippen LogP contribution >= 0.6 is 11.6 Å². The van der Waals surface area contributed by atoms with E-state index in [4.69, 9.17) is 16.3 Å². The van der Waals surface area contributed by atoms with E-state index in [0.717, 1.165) is 11.1 Å². The normalized spacial score (nSPS) is 10.3. The van der Waals surface area contributed by atoms with Crippen molar-refractivity contribution in [3.63, 3.8) is 0 Å². The highest BCUT2D eigenvalue weighted by atomic mass is 35.5. The van der Waals surface area contributed by atoms with E-state index in [-0.39, 0.29) is 23.6 Å². The van der Waals surface area contributed by atoms with E-state index in [9.17, 15) is 9.59 Å². The summed E-state index contributed by atoms with van der Waals surface area (Å²) in [4.78, 5) is 28.0. The summed E-state index contributed by atoms with van der Waals surface area (Å²) in [6.07, 6.45) is 2.76. The topological polar surface area (TPSA) is 68.3 Å². The van der Waals surface area contributed by atoms with Crippen molar-refractivity contribution in [3.8, 4) is 0 Å². The van der Waals surface area contributed by atoms with Crippen LogP contribution in [0.2, 0.25) is 5.02 Å². The van der Waals surface area contributed by atoms with Crippen molar-refractivity contribution >= 4 is 29.2 Å². The van der Waals surface area contributed by atoms with Crippen LogP contribution < -0.4 is 5.32 Å². The van der Waals surface area contributed by atoms with Crippen molar-refractivity contribution in [2.45, 2.75) is 20.8 Å². The number of aromatic nitrogens is 1. The van der Waals surface area contributed by atoms with Crippen molar-refractivity contribution in [2.24, 2.45) is 0 Å². The second kappa shape index (κ2) is 7.24. The number of esters is 1. The van der Waals surface area contributed by atoms with Gasteiger partial charge in [-0.3, -0.25) is 9.78 Å². The second-order valence-corrected chi connectivity index (χ2v) is 5.38. The average molecular weight is 333 g/mol. The zero-order chi connectivity index (χ0) is 17.0. The molecule has 0 saturated heterocycles. The van der Waals surface area contributed by atoms with Crippen LogP contribution in [0.1, 0.15) is 38.8 Å². The Hall–Kier alpha value is -2.40. The minimum atomic E-state index is -0.510. The molecular weight excluding hydrogens is 316 g/mol. The third-order valence-electron chi connectivity index (χ3n) is 3.34. The summed E-state index contributed by atoms with van der Waals surface area (Å²) in [6, 6.07) is 5.07. The molecule has 23 heavy (non-hydrogen) atoms. The average Bonchev–Trinajstić information content (AvgIpc) is 2.55. The van der Waals surface area contributed by atoms with Crippen molar-refractivity contribution < 1.29 is 14.3 Å². The standard InChI is InChI=1S/C17H17ClN2O3/c1-4-23-17(22)13-7-12(8-19-9-13)16(21)20-14-6-5-10(2)15(18)11(14)3/h5-9H,4H2,1-3H3,(H,20,21). The van der Waals surface area contributed by atoms with Crippen molar-refractivity contribution in [1.82, 2.24) is 4.98 Å². The molecule has 1 aromatic carbocycles. The fourth-order valence-electron chi connectivity index (χ4n) is 2.04. The number of anilines is 1. The summed E-state index contributed by atoms with van der Waals surface area (Å²) in [6.45, 7) is 5.70. The van der Waals surface area contributed by atoms with E-state index in [1.807, 2.05) is 19.9 Å². The number of amides is 1. The largest absolute Gasteiger partial charge is 0.462 e. The first-order valence-electron chi connectivity index (χ1n) is 7.13. The van der Waals surface area contributed by atoms with Crippen LogP contribution in [0, 0.1) is 13.8 Å². The van der Waals surface area contributed by atoms with E-state index in [2.05, 4.69) is 10.3 Å². The van der Waals surface area contributed by atoms with Gasteiger partial charge in [-0.25, -0.2) is 4.79 Å². The Morgan fingerprint density at radius 2 is 1.91 bits per heavy atom. The number of hydrogen-bond donors (Lipinski definition) is 1. The Labute approximate surface area is 139 Å². The lowest BCUT2D eigenvalue weighted by molar-refractivity contribution is 0.0526. The number of nitrogens with zero attached hydrogens (tertiary/aromatic N) is 1. The van der Waals surface area contributed by atoms with Crippen molar-refractivity contribution in [1.29, 1.82) is 0 Å². The minimum absolute atomic E-state index is 0.234. The van der Waals surface area contributed by atoms with Gasteiger partial charge in [0.1, 0.15) is 0 Å². The summed E-state index contributed by atoms with van der Waals surface area (Å²) < 4.78 is 4.90. The van der Waals surface area contributed by atoms with Crippen LogP contribution in [0.5, 0.6) is 0 Å². The van der Waals surface area contributed by atoms with Gasteiger partial charge in [0.05, 0.1) is 17.7 Å². The van der Waals surface area contributed by atoms with Gasteiger partial charge in [0, 0.05) is 23.1 Å². The van der Waals surface area contributed by atoms with Crippen LogP contribution in [-0.4, -0.2) is 23.5 Å². The fourth-order valence-corrected chi connectivity index (χ4v) is 2.21. The summed E-state index contributed by atoms with van der Waals surface area (Å²) in [5.74, 6) is -0.879. The van der Waals surface area contributed by atoms with Gasteiger partial charge >= 0.3 is 5.97 Å². The Morgan fingerprint density at radius 1 is 1.22 bits per heavy atom. The maximum absolute atomic E-state index is 12.3. The van der Waals surface area contributed by atoms with E-state index in [0.29, 0.717) is 10.7 Å². The molecule has 2 rings (SSSR count). The van der Waals surface area contributed by atoms with Gasteiger partial charge in [-0.15, -0.1) is 0 Å². The lowest BCUT2D eigenvalue weighted by atomic mass is 10.1. The molecule has 6 heteroatoms. The summed E-state index contributed by atoms with van der Waals surface area (Å²) in [5.41, 5.74) is 2.85. The third-order valence-corrected chi connectivity index (χ3v) is 3.92. The van der Waals surface area contributed by atoms with E-state index in [1.54, 1.807) is 13.0 Å². The van der Waals surface area contributed by atoms with Crippen LogP contribution in [-0.2, 0) is 4.74 Å². The number of benzene rings is 1. The van der Waals surface area contributed by atoms with Gasteiger partial charge in [0.25, 0.3) is 5.91 Å². The van der Waals surface area contributed by atoms with Gasteiger partial charge < -0.3 is 10.1 Å². The first-order valence-corrected chi connectivity index (χ1v) is 7.51. The number of nitrogens with one attached hydrogen (secondary N) is 1. The molecule has 0 bridgehead atoms. The molecule has 0 aliphatic carbocycles. The van der Waals surface area contributed by atoms with Gasteiger partial charge in [0.2, 0.25) is 0 Å². The maximum Gasteiger partial charge on any atom is 0.339 e. The molecule has 0 aliphatic rings. The van der Waals surface area contributed by atoms with Gasteiger partial charge in [-0.1, -0.05) is 17.7 Å². The second-order valence-electron chi connectivity index (χ2n) is 5.01. The van der Waals surface area contributed by atoms with Crippen molar-refractivity contribution in [2.75, 3.05) is 11.9 Å². The molecule has 1 N–H and O–H groups in total. The fraction of sp³-hybridized carbons (Fsp3) is 0.235. The quantitative estimate of drug-likeness (QED) is 0.865. The van der Waals surface area contributed by atoms with Gasteiger partial charge in [-0.05, 0) is 44.0 Å². The predicted molar refractivity (Wildman–Crippen MR) is 89.1 cm³/mol. The zero-order valence-electron chi connectivity index (χ0n) is 13.1. The lowest BCUT2D eigenvalue weighted by Crippen LogP contribution is -2.15. The number of ether oxygens (including phenoxy) is 1. The molecule has 120 valence electrons. The van der Waals surface area contributed by atoms with E-state index >= 15 is 0 Å². The maximum atomic E-state index is 12.3. The number of hydrogen-bond acceptors (Lipinski definition) is 4. The Kier molecular flexibility index (Phi) is 5.34. The Balaban J connectivity index is 2.23. The monoisotopic (exact) mass is 332 g/mol. The Bertz CT molecular complexity index is 759. The molecule has 0 unspecified atom stereocenters. The minimum Gasteiger partial charge on any atom is -0.462 e. The summed E-state index contributed by atoms with van der Waals surface area (Å²) in [5, 5.41) is 3.39. The number of carbonyl (C=O) groups excluding carboxylic acids is 2. The highest BCUT2D eigenvalue weighted by Gasteiger charge is 2.14. The van der Waals surface area contributed by atoms with Crippen molar-refractivity contribution in [3.05, 3.63) is 57.9 Å². The molecule has 1 aromatic heterocycles. The smallest absolute Gasteiger partial charge is 0.339 e. The highest BCUT2D eigenvalue weighted by molar-refractivity contribution is 6.32. The highest BCUT2D eigenvalue weighted by Crippen LogP contribution is 2.27. The lowest BCUT2D eigenvalue weighted by Gasteiger charge is -2.11. The molecule has 0 spiro atoms. The first kappa shape index (κ1) is 17.0. The molecule has 0 radical (unpaired) electrons. The number of aryl methyl sites for hydroxylation is 1. The summed E-state index contributed by atoms with van der Waals surface area (Å²) >= 11 is 6.19. The number of rotatable bonds is 4. The van der Waals surface area contributed by atoms with Gasteiger partial charge in [-0.2, -0.15) is 0 Å². The molecule has 5 nitrogen and oxygen atoms in total. The first-order chi connectivity index (χ1) is 10.9. The summed E-state index contributed by atoms with van der Waals surface area (Å²) in [7, 11) is 0. The Morgan fingerprint density at radius 3 is 2.61 bits per heavy atom. The van der Waals surface area contributed by atoms with Crippen LogP contribution in [0.3, 0.4) is 0 Å².